The topological polar surface area (TPSA) is 100 Å². The Morgan fingerprint density at radius 1 is 1.13 bits per heavy atom. The van der Waals surface area contributed by atoms with Crippen molar-refractivity contribution in [2.24, 2.45) is 16.9 Å². The van der Waals surface area contributed by atoms with Crippen molar-refractivity contribution in [2.45, 2.75) is 64.3 Å². The summed E-state index contributed by atoms with van der Waals surface area (Å²) in [4.78, 5) is 40.6. The van der Waals surface area contributed by atoms with Gasteiger partial charge in [0.25, 0.3) is 0 Å². The standard InChI is InChI=1S/C21H34N4O4S/c1-2-25-11-14-30-21(25)24-23-20(28)18(26)17(15-9-12-29-13-10-15)22-19(27)16-7-5-3-4-6-8-16/h15-17H,2-14H2,1H3,(H,22,27)(H,23,28)/b24-21-/t17-/m0/s1. The van der Waals surface area contributed by atoms with Gasteiger partial charge < -0.3 is 15.0 Å². The highest BCUT2D eigenvalue weighted by Crippen LogP contribution is 2.25. The molecule has 3 aliphatic rings. The number of ketones is 1. The maximum atomic E-state index is 13.0. The molecule has 2 saturated heterocycles. The third-order valence-electron chi connectivity index (χ3n) is 6.27. The Morgan fingerprint density at radius 2 is 1.83 bits per heavy atom. The molecule has 2 N–H and O–H groups in total. The second-order valence-electron chi connectivity index (χ2n) is 8.25. The number of Topliss-reactive ketones (excluding diaryl/α,β-unsaturated/α-hetero) is 1. The fourth-order valence-electron chi connectivity index (χ4n) is 4.38. The van der Waals surface area contributed by atoms with Crippen LogP contribution in [-0.4, -0.2) is 65.8 Å². The van der Waals surface area contributed by atoms with E-state index in [9.17, 15) is 14.4 Å². The lowest BCUT2D eigenvalue weighted by Crippen LogP contribution is -2.53. The molecule has 1 aliphatic carbocycles. The summed E-state index contributed by atoms with van der Waals surface area (Å²) in [6.45, 7) is 4.79. The van der Waals surface area contributed by atoms with E-state index >= 15 is 0 Å². The first-order valence-corrected chi connectivity index (χ1v) is 12.3. The van der Waals surface area contributed by atoms with Gasteiger partial charge in [-0.05, 0) is 38.5 Å². The van der Waals surface area contributed by atoms with Crippen LogP contribution in [0.2, 0.25) is 0 Å². The summed E-state index contributed by atoms with van der Waals surface area (Å²) in [7, 11) is 0. The molecule has 168 valence electrons. The highest BCUT2D eigenvalue weighted by molar-refractivity contribution is 8.14. The van der Waals surface area contributed by atoms with Gasteiger partial charge in [0, 0.05) is 38.0 Å². The van der Waals surface area contributed by atoms with Gasteiger partial charge in [0.15, 0.2) is 5.17 Å². The van der Waals surface area contributed by atoms with Gasteiger partial charge in [0.2, 0.25) is 11.7 Å². The second-order valence-corrected chi connectivity index (χ2v) is 9.31. The molecular formula is C21H34N4O4S. The summed E-state index contributed by atoms with van der Waals surface area (Å²) in [6, 6.07) is -0.816. The molecule has 3 fully saturated rings. The molecule has 2 amide bonds. The minimum Gasteiger partial charge on any atom is -0.381 e. The summed E-state index contributed by atoms with van der Waals surface area (Å²) in [5.41, 5.74) is 2.43. The molecule has 2 heterocycles. The number of carbonyl (C=O) groups excluding carboxylic acids is 3. The lowest BCUT2D eigenvalue weighted by Gasteiger charge is -2.30. The highest BCUT2D eigenvalue weighted by atomic mass is 32.2. The predicted molar refractivity (Wildman–Crippen MR) is 117 cm³/mol. The first-order valence-electron chi connectivity index (χ1n) is 11.3. The average Bonchev–Trinajstić information content (AvgIpc) is 3.06. The van der Waals surface area contributed by atoms with Crippen LogP contribution in [0.3, 0.4) is 0 Å². The predicted octanol–water partition coefficient (Wildman–Crippen LogP) is 1.89. The van der Waals surface area contributed by atoms with Crippen LogP contribution in [-0.2, 0) is 19.1 Å². The van der Waals surface area contributed by atoms with Crippen molar-refractivity contribution in [1.29, 1.82) is 0 Å². The van der Waals surface area contributed by atoms with E-state index < -0.39 is 17.7 Å². The first kappa shape index (κ1) is 23.1. The zero-order valence-electron chi connectivity index (χ0n) is 17.9. The van der Waals surface area contributed by atoms with Crippen molar-refractivity contribution in [3.05, 3.63) is 0 Å². The Labute approximate surface area is 182 Å². The number of hydrazone groups is 1. The Bertz CT molecular complexity index is 643. The van der Waals surface area contributed by atoms with Crippen LogP contribution in [0, 0.1) is 11.8 Å². The molecule has 1 saturated carbocycles. The quantitative estimate of drug-likeness (QED) is 0.358. The van der Waals surface area contributed by atoms with Crippen LogP contribution >= 0.6 is 11.8 Å². The monoisotopic (exact) mass is 438 g/mol. The van der Waals surface area contributed by atoms with Crippen molar-refractivity contribution in [2.75, 3.05) is 32.1 Å². The Morgan fingerprint density at radius 3 is 2.50 bits per heavy atom. The molecule has 0 unspecified atom stereocenters. The fourth-order valence-corrected chi connectivity index (χ4v) is 5.39. The van der Waals surface area contributed by atoms with Gasteiger partial charge in [-0.2, -0.15) is 0 Å². The molecule has 3 rings (SSSR count). The normalized spacial score (nSPS) is 23.8. The minimum absolute atomic E-state index is 0.0704. The molecule has 9 heteroatoms. The zero-order valence-corrected chi connectivity index (χ0v) is 18.7. The maximum absolute atomic E-state index is 13.0. The number of hydrogen-bond acceptors (Lipinski definition) is 6. The third-order valence-corrected chi connectivity index (χ3v) is 7.26. The van der Waals surface area contributed by atoms with Gasteiger partial charge in [-0.25, -0.2) is 5.43 Å². The Balaban J connectivity index is 1.65. The zero-order chi connectivity index (χ0) is 21.3. The summed E-state index contributed by atoms with van der Waals surface area (Å²) in [5.74, 6) is -0.711. The van der Waals surface area contributed by atoms with Gasteiger partial charge in [-0.1, -0.05) is 37.4 Å². The van der Waals surface area contributed by atoms with E-state index in [1.54, 1.807) is 11.8 Å². The van der Waals surface area contributed by atoms with E-state index in [2.05, 4.69) is 20.7 Å². The molecule has 0 aromatic heterocycles. The van der Waals surface area contributed by atoms with Crippen molar-refractivity contribution < 1.29 is 19.1 Å². The van der Waals surface area contributed by atoms with Gasteiger partial charge in [0.05, 0.1) is 0 Å². The number of amidine groups is 1. The summed E-state index contributed by atoms with van der Waals surface area (Å²) in [5, 5.41) is 7.82. The van der Waals surface area contributed by atoms with Crippen LogP contribution in [0.25, 0.3) is 0 Å². The average molecular weight is 439 g/mol. The number of thioether (sulfide) groups is 1. The number of nitrogens with zero attached hydrogens (tertiary/aromatic N) is 2. The number of rotatable bonds is 7. The van der Waals surface area contributed by atoms with Gasteiger partial charge in [0.1, 0.15) is 6.04 Å². The highest BCUT2D eigenvalue weighted by Gasteiger charge is 2.36. The lowest BCUT2D eigenvalue weighted by molar-refractivity contribution is -0.142. The van der Waals surface area contributed by atoms with Crippen LogP contribution in [0.5, 0.6) is 0 Å². The van der Waals surface area contributed by atoms with Gasteiger partial charge >= 0.3 is 5.91 Å². The summed E-state index contributed by atoms with van der Waals surface area (Å²) in [6.07, 6.45) is 7.40. The van der Waals surface area contributed by atoms with Crippen molar-refractivity contribution in [3.8, 4) is 0 Å². The molecule has 0 bridgehead atoms. The van der Waals surface area contributed by atoms with Crippen LogP contribution in [0.15, 0.2) is 5.10 Å². The molecule has 0 radical (unpaired) electrons. The fraction of sp³-hybridized carbons (Fsp3) is 0.810. The number of nitrogens with one attached hydrogen (secondary N) is 2. The van der Waals surface area contributed by atoms with E-state index in [4.69, 9.17) is 4.74 Å². The molecular weight excluding hydrogens is 404 g/mol. The molecule has 0 spiro atoms. The maximum Gasteiger partial charge on any atom is 0.309 e. The van der Waals surface area contributed by atoms with E-state index in [1.165, 1.54) is 0 Å². The molecule has 0 aromatic carbocycles. The largest absolute Gasteiger partial charge is 0.381 e. The SMILES string of the molecule is CCN1CCS/C1=N\NC(=O)C(=O)[C@@H](NC(=O)C1CCCCCC1)C1CCOCC1. The molecule has 0 aromatic rings. The summed E-state index contributed by atoms with van der Waals surface area (Å²) < 4.78 is 5.41. The number of carbonyl (C=O) groups is 3. The molecule has 1 atom stereocenters. The van der Waals surface area contributed by atoms with Gasteiger partial charge in [-0.3, -0.25) is 14.4 Å². The van der Waals surface area contributed by atoms with E-state index in [0.717, 1.165) is 62.5 Å². The summed E-state index contributed by atoms with van der Waals surface area (Å²) >= 11 is 1.56. The van der Waals surface area contributed by atoms with Crippen molar-refractivity contribution in [3.63, 3.8) is 0 Å². The third kappa shape index (κ3) is 6.20. The molecule has 30 heavy (non-hydrogen) atoms. The smallest absolute Gasteiger partial charge is 0.309 e. The van der Waals surface area contributed by atoms with Gasteiger partial charge in [-0.15, -0.1) is 5.10 Å². The Hall–Kier alpha value is -1.61. The van der Waals surface area contributed by atoms with E-state index in [0.29, 0.717) is 26.1 Å². The Kier molecular flexibility index (Phi) is 8.99. The van der Waals surface area contributed by atoms with Crippen molar-refractivity contribution in [1.82, 2.24) is 15.6 Å². The number of ether oxygens (including phenoxy) is 1. The van der Waals surface area contributed by atoms with Crippen LogP contribution in [0.4, 0.5) is 0 Å². The molecule has 8 nitrogen and oxygen atoms in total. The molecule has 2 aliphatic heterocycles. The lowest BCUT2D eigenvalue weighted by atomic mass is 9.87. The number of hydrogen-bond donors (Lipinski definition) is 2. The van der Waals surface area contributed by atoms with Crippen LogP contribution < -0.4 is 10.7 Å². The second kappa shape index (κ2) is 11.7. The number of amides is 2. The van der Waals surface area contributed by atoms with E-state index in [1.807, 2.05) is 6.92 Å². The minimum atomic E-state index is -0.816. The first-order chi connectivity index (χ1) is 14.6. The van der Waals surface area contributed by atoms with E-state index in [-0.39, 0.29) is 17.7 Å². The van der Waals surface area contributed by atoms with Crippen LogP contribution in [0.1, 0.15) is 58.3 Å². The van der Waals surface area contributed by atoms with Crippen molar-refractivity contribution >= 4 is 34.5 Å².